The van der Waals surface area contributed by atoms with Crippen LogP contribution in [0, 0.1) is 6.92 Å². The van der Waals surface area contributed by atoms with E-state index < -0.39 is 26.7 Å². The first kappa shape index (κ1) is 23.5. The maximum atomic E-state index is 11.9. The predicted molar refractivity (Wildman–Crippen MR) is 122 cm³/mol. The summed E-state index contributed by atoms with van der Waals surface area (Å²) in [6.07, 6.45) is 0. The van der Waals surface area contributed by atoms with Crippen LogP contribution in [0.2, 0.25) is 0 Å². The number of nitrogen functional groups attached to an aromatic ring is 2. The van der Waals surface area contributed by atoms with E-state index in [1.807, 2.05) is 13.0 Å². The Labute approximate surface area is 189 Å². The van der Waals surface area contributed by atoms with Crippen molar-refractivity contribution in [2.75, 3.05) is 18.6 Å². The van der Waals surface area contributed by atoms with Crippen molar-refractivity contribution in [2.24, 2.45) is 20.5 Å². The minimum Gasteiger partial charge on any atom is -0.465 e. The molecule has 0 radical (unpaired) electrons. The topological polar surface area (TPSA) is 182 Å². The lowest BCUT2D eigenvalue weighted by molar-refractivity contribution is 0.0600. The number of nitrogens with two attached hydrogens (primary N) is 2. The highest BCUT2D eigenvalue weighted by Gasteiger charge is 2.22. The molecule has 0 saturated carbocycles. The van der Waals surface area contributed by atoms with Crippen LogP contribution < -0.4 is 11.5 Å². The van der Waals surface area contributed by atoms with Gasteiger partial charge in [0.2, 0.25) is 0 Å². The molecule has 170 valence electrons. The monoisotopic (exact) mass is 468 g/mol. The average Bonchev–Trinajstić information content (AvgIpc) is 2.77. The van der Waals surface area contributed by atoms with Crippen LogP contribution in [0.1, 0.15) is 15.9 Å². The molecule has 5 N–H and O–H groups in total. The zero-order valence-corrected chi connectivity index (χ0v) is 18.4. The van der Waals surface area contributed by atoms with Gasteiger partial charge in [0.1, 0.15) is 16.3 Å². The lowest BCUT2D eigenvalue weighted by Gasteiger charge is -2.10. The van der Waals surface area contributed by atoms with E-state index in [-0.39, 0.29) is 28.3 Å². The van der Waals surface area contributed by atoms with Gasteiger partial charge in [-0.05, 0) is 48.9 Å². The lowest BCUT2D eigenvalue weighted by Crippen LogP contribution is -2.05. The highest BCUT2D eigenvalue weighted by molar-refractivity contribution is 7.86. The van der Waals surface area contributed by atoms with Crippen LogP contribution in [0.3, 0.4) is 0 Å². The summed E-state index contributed by atoms with van der Waals surface area (Å²) in [6, 6.07) is 14.1. The van der Waals surface area contributed by atoms with Gasteiger partial charge in [-0.2, -0.15) is 18.6 Å². The summed E-state index contributed by atoms with van der Waals surface area (Å²) in [5.41, 5.74) is 13.1. The smallest absolute Gasteiger partial charge is 0.337 e. The largest absolute Gasteiger partial charge is 0.465 e. The molecular weight excluding hydrogens is 448 g/mol. The molecule has 0 saturated heterocycles. The molecule has 0 atom stereocenters. The fraction of sp³-hybridized carbons (Fsp3) is 0.0952. The normalized spacial score (nSPS) is 11.8. The third-order valence-electron chi connectivity index (χ3n) is 4.40. The number of hydrogen-bond acceptors (Lipinski definition) is 10. The van der Waals surface area contributed by atoms with Gasteiger partial charge in [-0.3, -0.25) is 4.55 Å². The minimum absolute atomic E-state index is 0.107. The Bertz CT molecular complexity index is 1390. The van der Waals surface area contributed by atoms with Crippen LogP contribution in [0.15, 0.2) is 79.9 Å². The molecule has 0 unspecified atom stereocenters. The van der Waals surface area contributed by atoms with Crippen LogP contribution >= 0.6 is 0 Å². The maximum Gasteiger partial charge on any atom is 0.337 e. The zero-order valence-electron chi connectivity index (χ0n) is 17.6. The molecule has 0 bridgehead atoms. The Hall–Kier alpha value is -4.16. The van der Waals surface area contributed by atoms with Gasteiger partial charge in [0.25, 0.3) is 10.1 Å². The van der Waals surface area contributed by atoms with E-state index in [1.165, 1.54) is 19.2 Å². The number of benzene rings is 3. The number of methoxy groups -OCH3 is 1. The van der Waals surface area contributed by atoms with Crippen LogP contribution in [0.4, 0.5) is 34.1 Å². The number of hydrogen-bond donors (Lipinski definition) is 3. The predicted octanol–water partition coefficient (Wildman–Crippen LogP) is 5.02. The molecule has 0 aliphatic carbocycles. The van der Waals surface area contributed by atoms with Crippen molar-refractivity contribution < 1.29 is 22.5 Å². The van der Waals surface area contributed by atoms with E-state index >= 15 is 0 Å². The third-order valence-corrected chi connectivity index (χ3v) is 5.30. The summed E-state index contributed by atoms with van der Waals surface area (Å²) in [4.78, 5) is 11.0. The fourth-order valence-electron chi connectivity index (χ4n) is 2.79. The molecule has 11 nitrogen and oxygen atoms in total. The zero-order chi connectivity index (χ0) is 24.2. The molecule has 3 rings (SSSR count). The van der Waals surface area contributed by atoms with Gasteiger partial charge in [-0.1, -0.05) is 18.2 Å². The lowest BCUT2D eigenvalue weighted by atomic mass is 10.2. The molecule has 3 aromatic carbocycles. The molecule has 0 aromatic heterocycles. The first-order valence-electron chi connectivity index (χ1n) is 9.38. The number of rotatable bonds is 6. The van der Waals surface area contributed by atoms with Crippen molar-refractivity contribution in [3.63, 3.8) is 0 Å². The van der Waals surface area contributed by atoms with Crippen molar-refractivity contribution in [1.29, 1.82) is 0 Å². The molecular formula is C21H20N6O5S. The van der Waals surface area contributed by atoms with Crippen LogP contribution in [0.25, 0.3) is 0 Å². The summed E-state index contributed by atoms with van der Waals surface area (Å²) in [7, 11) is -3.49. The van der Waals surface area contributed by atoms with Gasteiger partial charge in [0, 0.05) is 0 Å². The first-order chi connectivity index (χ1) is 15.6. The molecule has 0 fully saturated rings. The van der Waals surface area contributed by atoms with Gasteiger partial charge in [0.15, 0.2) is 0 Å². The van der Waals surface area contributed by atoms with E-state index in [2.05, 4.69) is 25.2 Å². The number of anilines is 2. The summed E-state index contributed by atoms with van der Waals surface area (Å²) in [6.45, 7) is 1.87. The van der Waals surface area contributed by atoms with Crippen molar-refractivity contribution in [2.45, 2.75) is 11.8 Å². The van der Waals surface area contributed by atoms with Crippen molar-refractivity contribution in [1.82, 2.24) is 0 Å². The number of carbonyl (C=O) groups excluding carboxylic acids is 1. The number of ether oxygens (including phenoxy) is 1. The summed E-state index contributed by atoms with van der Waals surface area (Å²) in [5.74, 6) is -0.563. The Balaban J connectivity index is 2.09. The molecule has 33 heavy (non-hydrogen) atoms. The number of azo groups is 2. The summed E-state index contributed by atoms with van der Waals surface area (Å²) < 4.78 is 38.0. The highest BCUT2D eigenvalue weighted by Crippen LogP contribution is 2.43. The fourth-order valence-corrected chi connectivity index (χ4v) is 3.42. The number of nitrogens with zero attached hydrogens (tertiary/aromatic N) is 4. The summed E-state index contributed by atoms with van der Waals surface area (Å²) >= 11 is 0. The molecule has 0 aliphatic rings. The van der Waals surface area contributed by atoms with E-state index in [1.54, 1.807) is 30.3 Å². The van der Waals surface area contributed by atoms with Gasteiger partial charge in [0.05, 0.1) is 35.4 Å². The maximum absolute atomic E-state index is 11.9. The minimum atomic E-state index is -4.73. The van der Waals surface area contributed by atoms with Crippen LogP contribution in [-0.2, 0) is 14.9 Å². The van der Waals surface area contributed by atoms with E-state index in [0.29, 0.717) is 5.69 Å². The molecule has 0 aliphatic heterocycles. The van der Waals surface area contributed by atoms with Crippen molar-refractivity contribution in [3.05, 3.63) is 65.7 Å². The van der Waals surface area contributed by atoms with Crippen LogP contribution in [0.5, 0.6) is 0 Å². The second-order valence-electron chi connectivity index (χ2n) is 6.83. The Morgan fingerprint density at radius 3 is 2.18 bits per heavy atom. The quantitative estimate of drug-likeness (QED) is 0.196. The summed E-state index contributed by atoms with van der Waals surface area (Å²) in [5, 5.41) is 16.0. The Morgan fingerprint density at radius 2 is 1.55 bits per heavy atom. The molecule has 3 aromatic rings. The van der Waals surface area contributed by atoms with Crippen LogP contribution in [-0.4, -0.2) is 26.0 Å². The second-order valence-corrected chi connectivity index (χ2v) is 8.22. The van der Waals surface area contributed by atoms with Gasteiger partial charge in [-0.15, -0.1) is 10.2 Å². The molecule has 0 heterocycles. The SMILES string of the molecule is COC(=O)c1cccc(/N=N/c2cc(S(=O)(=O)O)c(N)c(/N=N/c3cccc(C)c3)c2N)c1. The van der Waals surface area contributed by atoms with Gasteiger partial charge < -0.3 is 16.2 Å². The van der Waals surface area contributed by atoms with Gasteiger partial charge >= 0.3 is 5.97 Å². The number of aryl methyl sites for hydroxylation is 1. The van der Waals surface area contributed by atoms with Crippen molar-refractivity contribution >= 4 is 50.2 Å². The first-order valence-corrected chi connectivity index (χ1v) is 10.8. The Morgan fingerprint density at radius 1 is 0.909 bits per heavy atom. The van der Waals surface area contributed by atoms with E-state index in [0.717, 1.165) is 11.6 Å². The second kappa shape index (κ2) is 9.54. The standard InChI is InChI=1S/C21H20N6O5S/c1-12-5-3-7-14(9-12)25-27-20-18(22)16(11-17(19(20)23)33(29,30)31)26-24-15-8-4-6-13(10-15)21(28)32-2/h3-11H,22-23H2,1-2H3,(H,29,30,31)/b26-24+,27-25+. The molecule has 0 spiro atoms. The van der Waals surface area contributed by atoms with E-state index in [9.17, 15) is 17.8 Å². The highest BCUT2D eigenvalue weighted by atomic mass is 32.2. The molecule has 12 heteroatoms. The van der Waals surface area contributed by atoms with Crippen molar-refractivity contribution in [3.8, 4) is 0 Å². The molecule has 0 amide bonds. The number of esters is 1. The average molecular weight is 468 g/mol. The van der Waals surface area contributed by atoms with E-state index in [4.69, 9.17) is 11.5 Å². The third kappa shape index (κ3) is 5.56. The Kier molecular flexibility index (Phi) is 6.80. The number of carbonyl (C=O) groups is 1. The van der Waals surface area contributed by atoms with Gasteiger partial charge in [-0.25, -0.2) is 4.79 Å².